The Morgan fingerprint density at radius 2 is 1.95 bits per heavy atom. The van der Waals surface area contributed by atoms with Gasteiger partial charge < -0.3 is 19.9 Å². The number of hydrogen-bond acceptors (Lipinski definition) is 6. The minimum absolute atomic E-state index is 0.158. The van der Waals surface area contributed by atoms with E-state index in [9.17, 15) is 4.79 Å². The van der Waals surface area contributed by atoms with Crippen molar-refractivity contribution in [1.82, 2.24) is 9.97 Å². The first-order valence-electron chi connectivity index (χ1n) is 5.98. The number of aromatic nitrogens is 2. The van der Waals surface area contributed by atoms with Gasteiger partial charge in [-0.05, 0) is 12.3 Å². The maximum atomic E-state index is 10.5. The van der Waals surface area contributed by atoms with E-state index in [0.29, 0.717) is 30.7 Å². The second kappa shape index (κ2) is 7.40. The van der Waals surface area contributed by atoms with Crippen molar-refractivity contribution in [3.8, 4) is 11.8 Å². The van der Waals surface area contributed by atoms with Crippen molar-refractivity contribution in [3.63, 3.8) is 0 Å². The number of carboxylic acid groups (broad SMARTS) is 1. The van der Waals surface area contributed by atoms with Crippen molar-refractivity contribution >= 4 is 11.9 Å². The summed E-state index contributed by atoms with van der Waals surface area (Å²) < 4.78 is 10.1. The van der Waals surface area contributed by atoms with Crippen LogP contribution in [0.4, 0.5) is 5.95 Å². The van der Waals surface area contributed by atoms with Crippen molar-refractivity contribution in [3.05, 3.63) is 6.07 Å². The lowest BCUT2D eigenvalue weighted by atomic mass is 10.1. The Bertz CT molecular complexity index is 403. The Morgan fingerprint density at radius 1 is 1.37 bits per heavy atom. The molecule has 7 heteroatoms. The van der Waals surface area contributed by atoms with Gasteiger partial charge in [0.2, 0.25) is 17.7 Å². The van der Waals surface area contributed by atoms with Gasteiger partial charge in [0.15, 0.2) is 0 Å². The van der Waals surface area contributed by atoms with Crippen LogP contribution in [0.15, 0.2) is 6.07 Å². The van der Waals surface area contributed by atoms with Gasteiger partial charge in [-0.2, -0.15) is 9.97 Å². The Kier molecular flexibility index (Phi) is 5.84. The molecule has 0 amide bonds. The van der Waals surface area contributed by atoms with Crippen LogP contribution in [-0.2, 0) is 4.79 Å². The minimum Gasteiger partial charge on any atom is -0.481 e. The van der Waals surface area contributed by atoms with Crippen LogP contribution in [0.1, 0.15) is 19.8 Å². The molecule has 0 saturated carbocycles. The van der Waals surface area contributed by atoms with E-state index in [1.165, 1.54) is 14.2 Å². The molecule has 0 fully saturated rings. The van der Waals surface area contributed by atoms with E-state index in [0.717, 1.165) is 0 Å². The van der Waals surface area contributed by atoms with Crippen molar-refractivity contribution in [2.45, 2.75) is 19.8 Å². The fraction of sp³-hybridized carbons (Fsp3) is 0.583. The van der Waals surface area contributed by atoms with Crippen LogP contribution in [-0.4, -0.2) is 41.8 Å². The second-order valence-electron chi connectivity index (χ2n) is 4.19. The second-order valence-corrected chi connectivity index (χ2v) is 4.19. The van der Waals surface area contributed by atoms with Crippen LogP contribution >= 0.6 is 0 Å². The highest BCUT2D eigenvalue weighted by Crippen LogP contribution is 2.17. The van der Waals surface area contributed by atoms with E-state index in [1.807, 2.05) is 6.92 Å². The Balaban J connectivity index is 2.54. The molecule has 1 atom stereocenters. The molecule has 2 N–H and O–H groups in total. The standard InChI is InChI=1S/C12H19N3O4/c1-8(4-5-11(16)17)7-13-12-14-9(18-2)6-10(15-12)19-3/h6,8H,4-5,7H2,1-3H3,(H,16,17)(H,13,14,15). The molecule has 0 aliphatic rings. The summed E-state index contributed by atoms with van der Waals surface area (Å²) in [4.78, 5) is 18.7. The van der Waals surface area contributed by atoms with E-state index in [1.54, 1.807) is 6.07 Å². The molecule has 1 rings (SSSR count). The van der Waals surface area contributed by atoms with Gasteiger partial charge in [0.25, 0.3) is 0 Å². The maximum absolute atomic E-state index is 10.5. The van der Waals surface area contributed by atoms with Crippen molar-refractivity contribution in [2.24, 2.45) is 5.92 Å². The molecule has 0 aromatic carbocycles. The number of anilines is 1. The quantitative estimate of drug-likeness (QED) is 0.736. The number of nitrogens with zero attached hydrogens (tertiary/aromatic N) is 2. The molecule has 106 valence electrons. The lowest BCUT2D eigenvalue weighted by Gasteiger charge is -2.12. The SMILES string of the molecule is COc1cc(OC)nc(NCC(C)CCC(=O)O)n1. The normalized spacial score (nSPS) is 11.7. The molecular formula is C12H19N3O4. The van der Waals surface area contributed by atoms with Gasteiger partial charge in [-0.25, -0.2) is 0 Å². The molecule has 1 aromatic heterocycles. The lowest BCUT2D eigenvalue weighted by molar-refractivity contribution is -0.137. The highest BCUT2D eigenvalue weighted by Gasteiger charge is 2.08. The van der Waals surface area contributed by atoms with Gasteiger partial charge in [-0.15, -0.1) is 0 Å². The van der Waals surface area contributed by atoms with Gasteiger partial charge in [0.1, 0.15) is 0 Å². The van der Waals surface area contributed by atoms with Crippen LogP contribution in [0.25, 0.3) is 0 Å². The number of methoxy groups -OCH3 is 2. The number of carboxylic acids is 1. The van der Waals surface area contributed by atoms with Gasteiger partial charge in [-0.3, -0.25) is 4.79 Å². The van der Waals surface area contributed by atoms with E-state index in [4.69, 9.17) is 14.6 Å². The van der Waals surface area contributed by atoms with Crippen molar-refractivity contribution in [2.75, 3.05) is 26.1 Å². The number of carbonyl (C=O) groups is 1. The van der Waals surface area contributed by atoms with E-state index in [-0.39, 0.29) is 12.3 Å². The van der Waals surface area contributed by atoms with Crippen molar-refractivity contribution in [1.29, 1.82) is 0 Å². The van der Waals surface area contributed by atoms with Gasteiger partial charge >= 0.3 is 5.97 Å². The first kappa shape index (κ1) is 15.0. The summed E-state index contributed by atoms with van der Waals surface area (Å²) in [5.41, 5.74) is 0. The number of rotatable bonds is 8. The molecule has 0 radical (unpaired) electrons. The number of ether oxygens (including phenoxy) is 2. The molecule has 0 aliphatic carbocycles. The summed E-state index contributed by atoms with van der Waals surface area (Å²) in [6.45, 7) is 2.55. The fourth-order valence-electron chi connectivity index (χ4n) is 1.43. The van der Waals surface area contributed by atoms with Crippen LogP contribution in [0.2, 0.25) is 0 Å². The summed E-state index contributed by atoms with van der Waals surface area (Å²) in [6.07, 6.45) is 0.759. The van der Waals surface area contributed by atoms with Gasteiger partial charge in [-0.1, -0.05) is 6.92 Å². The van der Waals surface area contributed by atoms with E-state index in [2.05, 4.69) is 15.3 Å². The average Bonchev–Trinajstić information content (AvgIpc) is 2.42. The largest absolute Gasteiger partial charge is 0.481 e. The smallest absolute Gasteiger partial charge is 0.303 e. The molecule has 0 spiro atoms. The zero-order valence-electron chi connectivity index (χ0n) is 11.3. The average molecular weight is 269 g/mol. The predicted octanol–water partition coefficient (Wildman–Crippen LogP) is 1.41. The van der Waals surface area contributed by atoms with Gasteiger partial charge in [0.05, 0.1) is 20.3 Å². The predicted molar refractivity (Wildman–Crippen MR) is 69.7 cm³/mol. The third-order valence-electron chi connectivity index (χ3n) is 2.56. The Labute approximate surface area is 112 Å². The van der Waals surface area contributed by atoms with Crippen LogP contribution in [0.3, 0.4) is 0 Å². The monoisotopic (exact) mass is 269 g/mol. The molecule has 7 nitrogen and oxygen atoms in total. The maximum Gasteiger partial charge on any atom is 0.303 e. The first-order valence-corrected chi connectivity index (χ1v) is 5.98. The van der Waals surface area contributed by atoms with E-state index >= 15 is 0 Å². The zero-order chi connectivity index (χ0) is 14.3. The minimum atomic E-state index is -0.786. The molecule has 1 aromatic rings. The molecule has 1 unspecified atom stereocenters. The number of nitrogens with one attached hydrogen (secondary N) is 1. The van der Waals surface area contributed by atoms with Crippen LogP contribution < -0.4 is 14.8 Å². The molecule has 0 aliphatic heterocycles. The Hall–Kier alpha value is -2.05. The zero-order valence-corrected chi connectivity index (χ0v) is 11.3. The first-order chi connectivity index (χ1) is 9.05. The van der Waals surface area contributed by atoms with E-state index < -0.39 is 5.97 Å². The van der Waals surface area contributed by atoms with Gasteiger partial charge in [0, 0.05) is 13.0 Å². The summed E-state index contributed by atoms with van der Waals surface area (Å²) in [5.74, 6) is 0.640. The third-order valence-corrected chi connectivity index (χ3v) is 2.56. The molecule has 0 saturated heterocycles. The fourth-order valence-corrected chi connectivity index (χ4v) is 1.43. The molecular weight excluding hydrogens is 250 g/mol. The van der Waals surface area contributed by atoms with Crippen LogP contribution in [0.5, 0.6) is 11.8 Å². The number of aliphatic carboxylic acids is 1. The topological polar surface area (TPSA) is 93.6 Å². The third kappa shape index (κ3) is 5.41. The van der Waals surface area contributed by atoms with Crippen molar-refractivity contribution < 1.29 is 19.4 Å². The summed E-state index contributed by atoms with van der Waals surface area (Å²) in [6, 6.07) is 1.58. The summed E-state index contributed by atoms with van der Waals surface area (Å²) >= 11 is 0. The highest BCUT2D eigenvalue weighted by atomic mass is 16.5. The highest BCUT2D eigenvalue weighted by molar-refractivity contribution is 5.66. The lowest BCUT2D eigenvalue weighted by Crippen LogP contribution is -2.14. The molecule has 1 heterocycles. The molecule has 19 heavy (non-hydrogen) atoms. The number of hydrogen-bond donors (Lipinski definition) is 2. The Morgan fingerprint density at radius 3 is 2.42 bits per heavy atom. The van der Waals surface area contributed by atoms with Crippen LogP contribution in [0, 0.1) is 5.92 Å². The molecule has 0 bridgehead atoms. The summed E-state index contributed by atoms with van der Waals surface area (Å²) in [7, 11) is 3.03. The summed E-state index contributed by atoms with van der Waals surface area (Å²) in [5, 5.41) is 11.6.